The zero-order valence-electron chi connectivity index (χ0n) is 14.6. The van der Waals surface area contributed by atoms with Crippen LogP contribution in [0.1, 0.15) is 25.8 Å². The van der Waals surface area contributed by atoms with Crippen molar-refractivity contribution in [2.45, 2.75) is 32.2 Å². The van der Waals surface area contributed by atoms with E-state index in [9.17, 15) is 4.79 Å². The topological polar surface area (TPSA) is 86.6 Å². The Hall–Kier alpha value is -2.05. The first-order valence-electron chi connectivity index (χ1n) is 8.22. The summed E-state index contributed by atoms with van der Waals surface area (Å²) in [4.78, 5) is 15.4. The van der Waals surface area contributed by atoms with Crippen LogP contribution >= 0.6 is 0 Å². The van der Waals surface area contributed by atoms with E-state index in [0.717, 1.165) is 22.2 Å². The molecule has 0 fully saturated rings. The lowest BCUT2D eigenvalue weighted by Crippen LogP contribution is -2.50. The van der Waals surface area contributed by atoms with Crippen LogP contribution in [0.2, 0.25) is 0 Å². The maximum atomic E-state index is 12.2. The number of H-pyrrole nitrogens is 1. The molecule has 0 saturated carbocycles. The van der Waals surface area contributed by atoms with Gasteiger partial charge in [-0.3, -0.25) is 4.79 Å². The summed E-state index contributed by atoms with van der Waals surface area (Å²) in [6, 6.07) is 5.81. The molecule has 1 heterocycles. The normalized spacial score (nSPS) is 13.7. The molecule has 3 N–H and O–H groups in total. The van der Waals surface area contributed by atoms with Crippen molar-refractivity contribution in [2.75, 3.05) is 26.9 Å². The van der Waals surface area contributed by atoms with Crippen molar-refractivity contribution >= 4 is 16.9 Å². The maximum Gasteiger partial charge on any atom is 0.326 e. The first kappa shape index (κ1) is 18.3. The third-order valence-corrected chi connectivity index (χ3v) is 4.11. The van der Waals surface area contributed by atoms with Gasteiger partial charge >= 0.3 is 5.97 Å². The van der Waals surface area contributed by atoms with Crippen molar-refractivity contribution < 1.29 is 19.0 Å². The molecule has 132 valence electrons. The number of aromatic amines is 1. The van der Waals surface area contributed by atoms with Gasteiger partial charge in [0.15, 0.2) is 0 Å². The number of aromatic nitrogens is 1. The molecular formula is C18H26N2O4. The summed E-state index contributed by atoms with van der Waals surface area (Å²) in [5.74, 6) is 0.394. The van der Waals surface area contributed by atoms with E-state index in [-0.39, 0.29) is 5.97 Å². The van der Waals surface area contributed by atoms with Crippen LogP contribution in [0, 0.1) is 0 Å². The Balaban J connectivity index is 2.24. The maximum absolute atomic E-state index is 12.2. The number of carbonyl (C=O) groups excluding carboxylic acids is 1. The number of ether oxygens (including phenoxy) is 3. The number of benzene rings is 1. The van der Waals surface area contributed by atoms with Crippen LogP contribution in [0.5, 0.6) is 5.75 Å². The van der Waals surface area contributed by atoms with Crippen molar-refractivity contribution in [2.24, 2.45) is 5.73 Å². The molecule has 0 aliphatic carbocycles. The van der Waals surface area contributed by atoms with Crippen LogP contribution in [0.15, 0.2) is 24.4 Å². The fraction of sp³-hybridized carbons (Fsp3) is 0.500. The van der Waals surface area contributed by atoms with Gasteiger partial charge in [-0.25, -0.2) is 0 Å². The summed E-state index contributed by atoms with van der Waals surface area (Å²) in [6.45, 7) is 5.01. The first-order chi connectivity index (χ1) is 11.5. The minimum atomic E-state index is -1.03. The number of carbonyl (C=O) groups is 1. The van der Waals surface area contributed by atoms with Gasteiger partial charge in [-0.15, -0.1) is 0 Å². The number of hydrogen-bond donors (Lipinski definition) is 2. The van der Waals surface area contributed by atoms with E-state index in [1.165, 1.54) is 0 Å². The molecule has 0 spiro atoms. The first-order valence-corrected chi connectivity index (χ1v) is 8.22. The second kappa shape index (κ2) is 8.17. The Morgan fingerprint density at radius 3 is 2.75 bits per heavy atom. The number of esters is 1. The highest BCUT2D eigenvalue weighted by molar-refractivity contribution is 5.87. The van der Waals surface area contributed by atoms with Crippen molar-refractivity contribution in [1.82, 2.24) is 4.98 Å². The number of fused-ring (bicyclic) bond motifs is 1. The molecule has 0 aliphatic heterocycles. The van der Waals surface area contributed by atoms with E-state index in [1.807, 2.05) is 31.3 Å². The molecule has 0 amide bonds. The number of rotatable bonds is 9. The summed E-state index contributed by atoms with van der Waals surface area (Å²) in [7, 11) is 1.64. The van der Waals surface area contributed by atoms with Crippen molar-refractivity contribution in [3.8, 4) is 5.75 Å². The number of nitrogens with two attached hydrogens (primary N) is 1. The number of methoxy groups -OCH3 is 1. The van der Waals surface area contributed by atoms with Crippen molar-refractivity contribution in [3.63, 3.8) is 0 Å². The summed E-state index contributed by atoms with van der Waals surface area (Å²) in [5.41, 5.74) is 7.23. The molecule has 1 aromatic carbocycles. The van der Waals surface area contributed by atoms with Gasteiger partial charge in [0.05, 0.1) is 13.2 Å². The van der Waals surface area contributed by atoms with E-state index in [1.54, 1.807) is 14.0 Å². The van der Waals surface area contributed by atoms with Gasteiger partial charge < -0.3 is 24.9 Å². The Kier molecular flexibility index (Phi) is 6.23. The summed E-state index contributed by atoms with van der Waals surface area (Å²) in [5, 5.41) is 0.998. The summed E-state index contributed by atoms with van der Waals surface area (Å²) in [6.07, 6.45) is 2.80. The molecule has 2 rings (SSSR count). The number of hydrogen-bond acceptors (Lipinski definition) is 5. The summed E-state index contributed by atoms with van der Waals surface area (Å²) < 4.78 is 15.8. The molecule has 1 atom stereocenters. The molecule has 6 heteroatoms. The summed E-state index contributed by atoms with van der Waals surface area (Å²) >= 11 is 0. The predicted octanol–water partition coefficient (Wildman–Crippen LogP) is 2.41. The average molecular weight is 334 g/mol. The largest absolute Gasteiger partial charge is 0.491 e. The lowest BCUT2D eigenvalue weighted by Gasteiger charge is -2.25. The zero-order chi connectivity index (χ0) is 17.6. The van der Waals surface area contributed by atoms with Gasteiger partial charge in [0.1, 0.15) is 17.9 Å². The molecular weight excluding hydrogens is 308 g/mol. The van der Waals surface area contributed by atoms with Gasteiger partial charge in [-0.05, 0) is 37.1 Å². The van der Waals surface area contributed by atoms with E-state index in [0.29, 0.717) is 32.7 Å². The minimum Gasteiger partial charge on any atom is -0.491 e. The quantitative estimate of drug-likeness (QED) is 0.543. The molecule has 1 unspecified atom stereocenters. The van der Waals surface area contributed by atoms with Gasteiger partial charge in [0.2, 0.25) is 0 Å². The second-order valence-corrected chi connectivity index (χ2v) is 5.77. The fourth-order valence-corrected chi connectivity index (χ4v) is 2.59. The molecule has 0 bridgehead atoms. The van der Waals surface area contributed by atoms with Gasteiger partial charge in [0, 0.05) is 30.6 Å². The van der Waals surface area contributed by atoms with Crippen LogP contribution in [0.4, 0.5) is 0 Å². The monoisotopic (exact) mass is 334 g/mol. The molecule has 0 aliphatic rings. The Labute approximate surface area is 142 Å². The highest BCUT2D eigenvalue weighted by Crippen LogP contribution is 2.27. The Bertz CT molecular complexity index is 683. The zero-order valence-corrected chi connectivity index (χ0v) is 14.6. The lowest BCUT2D eigenvalue weighted by molar-refractivity contribution is -0.149. The smallest absolute Gasteiger partial charge is 0.326 e. The van der Waals surface area contributed by atoms with Crippen LogP contribution in [0.3, 0.4) is 0 Å². The standard InChI is InChI=1S/C18H26N2O4/c1-4-18(19,17(21)23-5-2)11-13-12-20-16-7-6-14(10-15(13)16)24-9-8-22-3/h6-7,10,12,20H,4-5,8-9,11,19H2,1-3H3. The van der Waals surface area contributed by atoms with Crippen LogP contribution in [-0.4, -0.2) is 43.4 Å². The second-order valence-electron chi connectivity index (χ2n) is 5.77. The highest BCUT2D eigenvalue weighted by Gasteiger charge is 2.34. The van der Waals surface area contributed by atoms with Crippen LogP contribution in [0.25, 0.3) is 10.9 Å². The van der Waals surface area contributed by atoms with Crippen molar-refractivity contribution in [3.05, 3.63) is 30.0 Å². The van der Waals surface area contributed by atoms with Gasteiger partial charge in [0.25, 0.3) is 0 Å². The minimum absolute atomic E-state index is 0.323. The molecule has 6 nitrogen and oxygen atoms in total. The molecule has 0 radical (unpaired) electrons. The predicted molar refractivity (Wildman–Crippen MR) is 93.2 cm³/mol. The Morgan fingerprint density at radius 2 is 2.08 bits per heavy atom. The number of nitrogens with one attached hydrogen (secondary N) is 1. The molecule has 0 saturated heterocycles. The molecule has 2 aromatic rings. The lowest BCUT2D eigenvalue weighted by atomic mass is 9.89. The third kappa shape index (κ3) is 4.07. The molecule has 1 aromatic heterocycles. The third-order valence-electron chi connectivity index (χ3n) is 4.11. The van der Waals surface area contributed by atoms with Crippen LogP contribution in [-0.2, 0) is 20.7 Å². The molecule has 24 heavy (non-hydrogen) atoms. The van der Waals surface area contributed by atoms with Gasteiger partial charge in [-0.2, -0.15) is 0 Å². The SMILES string of the molecule is CCOC(=O)C(N)(CC)Cc1c[nH]c2ccc(OCCOC)cc12. The van der Waals surface area contributed by atoms with E-state index in [2.05, 4.69) is 4.98 Å². The fourth-order valence-electron chi connectivity index (χ4n) is 2.59. The van der Waals surface area contributed by atoms with E-state index >= 15 is 0 Å². The van der Waals surface area contributed by atoms with Crippen LogP contribution < -0.4 is 10.5 Å². The Morgan fingerprint density at radius 1 is 1.29 bits per heavy atom. The highest BCUT2D eigenvalue weighted by atomic mass is 16.5. The van der Waals surface area contributed by atoms with E-state index < -0.39 is 5.54 Å². The van der Waals surface area contributed by atoms with Gasteiger partial charge in [-0.1, -0.05) is 6.92 Å². The van der Waals surface area contributed by atoms with E-state index in [4.69, 9.17) is 19.9 Å². The average Bonchev–Trinajstić information content (AvgIpc) is 2.97. The van der Waals surface area contributed by atoms with Crippen molar-refractivity contribution in [1.29, 1.82) is 0 Å².